The summed E-state index contributed by atoms with van der Waals surface area (Å²) in [5, 5.41) is 9.83. The van der Waals surface area contributed by atoms with Gasteiger partial charge in [0, 0.05) is 5.92 Å². The summed E-state index contributed by atoms with van der Waals surface area (Å²) in [7, 11) is -3.55. The summed E-state index contributed by atoms with van der Waals surface area (Å²) in [6, 6.07) is 8.23. The molecule has 18 heavy (non-hydrogen) atoms. The van der Waals surface area contributed by atoms with Gasteiger partial charge in [0.15, 0.2) is 0 Å². The monoisotopic (exact) mass is 266 g/mol. The molecule has 5 heteroatoms. The number of hydrogen-bond donors (Lipinski definition) is 1. The van der Waals surface area contributed by atoms with E-state index in [1.54, 1.807) is 30.3 Å². The Morgan fingerprint density at radius 3 is 2.56 bits per heavy atom. The van der Waals surface area contributed by atoms with E-state index < -0.39 is 15.9 Å². The van der Waals surface area contributed by atoms with Gasteiger partial charge in [0.1, 0.15) is 6.10 Å². The number of fused-ring (bicyclic) bond motifs is 1. The zero-order valence-electron chi connectivity index (χ0n) is 9.85. The highest BCUT2D eigenvalue weighted by molar-refractivity contribution is 7.95. The molecule has 1 unspecified atom stereocenters. The summed E-state index contributed by atoms with van der Waals surface area (Å²) in [6.45, 7) is 1.86. The summed E-state index contributed by atoms with van der Waals surface area (Å²) < 4.78 is 30.2. The summed E-state index contributed by atoms with van der Waals surface area (Å²) in [6.07, 6.45) is 0.107. The Kier molecular flexibility index (Phi) is 2.59. The van der Waals surface area contributed by atoms with Crippen molar-refractivity contribution in [1.29, 1.82) is 0 Å². The molecule has 0 saturated carbocycles. The normalized spacial score (nSPS) is 34.7. The average molecular weight is 266 g/mol. The Balaban J connectivity index is 2.04. The third-order valence-electron chi connectivity index (χ3n) is 3.56. The van der Waals surface area contributed by atoms with Crippen LogP contribution >= 0.6 is 0 Å². The molecule has 3 rings (SSSR count). The fourth-order valence-corrected chi connectivity index (χ4v) is 3.94. The van der Waals surface area contributed by atoms with Gasteiger partial charge in [0.05, 0.1) is 22.0 Å². The number of ether oxygens (including phenoxy) is 1. The Morgan fingerprint density at radius 1 is 1.22 bits per heavy atom. The van der Waals surface area contributed by atoms with Gasteiger partial charge in [-0.2, -0.15) is 0 Å². The highest BCUT2D eigenvalue weighted by atomic mass is 32.2. The van der Waals surface area contributed by atoms with Gasteiger partial charge in [0.2, 0.25) is 9.84 Å². The van der Waals surface area contributed by atoms with Crippen molar-refractivity contribution in [2.45, 2.75) is 30.1 Å². The van der Waals surface area contributed by atoms with E-state index in [2.05, 4.69) is 0 Å². The van der Waals surface area contributed by atoms with E-state index in [0.29, 0.717) is 0 Å². The average Bonchev–Trinajstić information content (AvgIpc) is 3.15. The molecule has 1 N–H and O–H groups in total. The SMILES string of the molecule is C[C@H]1[C@@H]2OC2C(S(=O)(=O)c2ccccc2)=C[C@@H]1O. The second-order valence-corrected chi connectivity index (χ2v) is 6.71. The van der Waals surface area contributed by atoms with E-state index in [0.717, 1.165) is 0 Å². The van der Waals surface area contributed by atoms with Crippen molar-refractivity contribution in [3.8, 4) is 0 Å². The Hall–Kier alpha value is -1.17. The van der Waals surface area contributed by atoms with Crippen molar-refractivity contribution in [1.82, 2.24) is 0 Å². The topological polar surface area (TPSA) is 66.9 Å². The molecule has 1 saturated heterocycles. The molecule has 0 bridgehead atoms. The third kappa shape index (κ3) is 1.70. The van der Waals surface area contributed by atoms with Crippen LogP contribution in [0.2, 0.25) is 0 Å². The zero-order chi connectivity index (χ0) is 12.9. The number of aliphatic hydroxyl groups excluding tert-OH is 1. The number of aliphatic hydroxyl groups is 1. The van der Waals surface area contributed by atoms with E-state index >= 15 is 0 Å². The first kappa shape index (κ1) is 11.9. The molecule has 1 heterocycles. The fourth-order valence-electron chi connectivity index (χ4n) is 2.34. The van der Waals surface area contributed by atoms with E-state index in [1.807, 2.05) is 6.92 Å². The van der Waals surface area contributed by atoms with Crippen molar-refractivity contribution >= 4 is 9.84 Å². The molecule has 0 radical (unpaired) electrons. The Bertz CT molecular complexity index is 591. The molecule has 0 aromatic heterocycles. The lowest BCUT2D eigenvalue weighted by molar-refractivity contribution is 0.140. The standard InChI is InChI=1S/C13H14O4S/c1-8-10(14)7-11(13-12(8)17-13)18(15,16)9-5-3-2-4-6-9/h2-8,10,12-14H,1H3/t8-,10+,12+,13?/m1/s1. The number of hydrogen-bond acceptors (Lipinski definition) is 4. The Morgan fingerprint density at radius 2 is 1.89 bits per heavy atom. The van der Waals surface area contributed by atoms with Crippen molar-refractivity contribution in [3.05, 3.63) is 41.3 Å². The van der Waals surface area contributed by atoms with Crippen LogP contribution in [0.15, 0.2) is 46.2 Å². The van der Waals surface area contributed by atoms with Gasteiger partial charge in [-0.05, 0) is 18.2 Å². The number of epoxide rings is 1. The molecular formula is C13H14O4S. The highest BCUT2D eigenvalue weighted by Gasteiger charge is 2.54. The van der Waals surface area contributed by atoms with Gasteiger partial charge >= 0.3 is 0 Å². The Labute approximate surface area is 106 Å². The van der Waals surface area contributed by atoms with Gasteiger partial charge in [0.25, 0.3) is 0 Å². The van der Waals surface area contributed by atoms with E-state index in [4.69, 9.17) is 4.74 Å². The maximum absolute atomic E-state index is 12.4. The van der Waals surface area contributed by atoms with Gasteiger partial charge in [-0.25, -0.2) is 8.42 Å². The van der Waals surface area contributed by atoms with Crippen LogP contribution in [0.1, 0.15) is 6.92 Å². The first-order chi connectivity index (χ1) is 8.51. The number of sulfone groups is 1. The second kappa shape index (κ2) is 3.91. The molecule has 1 aromatic carbocycles. The van der Waals surface area contributed by atoms with Crippen LogP contribution in [0.25, 0.3) is 0 Å². The van der Waals surface area contributed by atoms with Gasteiger partial charge in [-0.1, -0.05) is 25.1 Å². The minimum Gasteiger partial charge on any atom is -0.389 e. The van der Waals surface area contributed by atoms with E-state index in [9.17, 15) is 13.5 Å². The lowest BCUT2D eigenvalue weighted by Gasteiger charge is -2.19. The summed E-state index contributed by atoms with van der Waals surface area (Å²) in [4.78, 5) is 0.441. The lowest BCUT2D eigenvalue weighted by atomic mass is 9.93. The quantitative estimate of drug-likeness (QED) is 0.815. The minimum atomic E-state index is -3.55. The van der Waals surface area contributed by atoms with Crippen molar-refractivity contribution in [2.24, 2.45) is 5.92 Å². The van der Waals surface area contributed by atoms with Crippen LogP contribution in [0.4, 0.5) is 0 Å². The molecule has 1 aliphatic heterocycles. The first-order valence-electron chi connectivity index (χ1n) is 5.87. The molecular weight excluding hydrogens is 252 g/mol. The van der Waals surface area contributed by atoms with Crippen LogP contribution in [0.5, 0.6) is 0 Å². The van der Waals surface area contributed by atoms with E-state index in [1.165, 1.54) is 6.08 Å². The predicted molar refractivity (Wildman–Crippen MR) is 65.5 cm³/mol. The number of benzene rings is 1. The third-order valence-corrected chi connectivity index (χ3v) is 5.44. The molecule has 1 fully saturated rings. The first-order valence-corrected chi connectivity index (χ1v) is 7.35. The lowest BCUT2D eigenvalue weighted by Crippen LogP contribution is -2.29. The van der Waals surface area contributed by atoms with Crippen LogP contribution in [0.3, 0.4) is 0 Å². The molecule has 0 spiro atoms. The minimum absolute atomic E-state index is 0.0512. The fraction of sp³-hybridized carbons (Fsp3) is 0.385. The van der Waals surface area contributed by atoms with Crippen LogP contribution in [0, 0.1) is 5.92 Å². The molecule has 2 aliphatic rings. The molecule has 1 aromatic rings. The van der Waals surface area contributed by atoms with Gasteiger partial charge in [-0.3, -0.25) is 0 Å². The van der Waals surface area contributed by atoms with Crippen molar-refractivity contribution < 1.29 is 18.3 Å². The molecule has 4 atom stereocenters. The maximum atomic E-state index is 12.4. The second-order valence-electron chi connectivity index (χ2n) is 4.76. The molecule has 0 amide bonds. The summed E-state index contributed by atoms with van der Waals surface area (Å²) in [5.41, 5.74) is 0. The van der Waals surface area contributed by atoms with E-state index in [-0.39, 0.29) is 27.9 Å². The summed E-state index contributed by atoms with van der Waals surface area (Å²) >= 11 is 0. The maximum Gasteiger partial charge on any atom is 0.205 e. The van der Waals surface area contributed by atoms with Crippen molar-refractivity contribution in [3.63, 3.8) is 0 Å². The molecule has 1 aliphatic carbocycles. The molecule has 4 nitrogen and oxygen atoms in total. The highest BCUT2D eigenvalue weighted by Crippen LogP contribution is 2.44. The van der Waals surface area contributed by atoms with Crippen LogP contribution in [-0.2, 0) is 14.6 Å². The van der Waals surface area contributed by atoms with Gasteiger partial charge in [-0.15, -0.1) is 0 Å². The van der Waals surface area contributed by atoms with Crippen LogP contribution in [-0.4, -0.2) is 31.8 Å². The van der Waals surface area contributed by atoms with Crippen molar-refractivity contribution in [2.75, 3.05) is 0 Å². The molecule has 96 valence electrons. The van der Waals surface area contributed by atoms with Crippen LogP contribution < -0.4 is 0 Å². The zero-order valence-corrected chi connectivity index (χ0v) is 10.7. The largest absolute Gasteiger partial charge is 0.389 e. The smallest absolute Gasteiger partial charge is 0.205 e. The number of rotatable bonds is 2. The summed E-state index contributed by atoms with van der Waals surface area (Å²) in [5.74, 6) is -0.0512. The predicted octanol–water partition coefficient (Wildman–Crippen LogP) is 1.12. The van der Waals surface area contributed by atoms with Gasteiger partial charge < -0.3 is 9.84 Å².